The maximum Gasteiger partial charge on any atom is 0.263 e. The Morgan fingerprint density at radius 3 is 2.66 bits per heavy atom. The molecule has 12 heteroatoms. The van der Waals surface area contributed by atoms with Gasteiger partial charge in [0.15, 0.2) is 0 Å². The van der Waals surface area contributed by atoms with Crippen LogP contribution < -0.4 is 21.6 Å². The number of alkyl halides is 2. The maximum atomic E-state index is 16.2. The number of aromatic nitrogens is 1. The molecule has 2 aromatic carbocycles. The van der Waals surface area contributed by atoms with Crippen molar-refractivity contribution in [2.24, 2.45) is 10.4 Å². The number of fused-ring (bicyclic) bond motifs is 1. The van der Waals surface area contributed by atoms with Crippen LogP contribution in [0.3, 0.4) is 0 Å². The quantitative estimate of drug-likeness (QED) is 0.134. The second kappa shape index (κ2) is 12.0. The number of hydrogen-bond acceptors (Lipinski definition) is 8. The van der Waals surface area contributed by atoms with Gasteiger partial charge < -0.3 is 16.1 Å². The minimum absolute atomic E-state index is 0.00934. The number of benzene rings is 2. The van der Waals surface area contributed by atoms with Gasteiger partial charge in [0.25, 0.3) is 6.43 Å². The van der Waals surface area contributed by atoms with Gasteiger partial charge in [-0.25, -0.2) is 8.78 Å². The topological polar surface area (TPSA) is 100 Å². The van der Waals surface area contributed by atoms with Crippen molar-refractivity contribution in [1.82, 2.24) is 21.0 Å². The lowest BCUT2D eigenvalue weighted by Crippen LogP contribution is -2.49. The lowest BCUT2D eigenvalue weighted by molar-refractivity contribution is -0.00954. The fourth-order valence-corrected chi connectivity index (χ4v) is 5.52. The summed E-state index contributed by atoms with van der Waals surface area (Å²) >= 11 is 6.74. The molecular weight excluding hydrogens is 589 g/mol. The molecule has 3 aromatic rings. The molecule has 1 aromatic heterocycles. The minimum Gasteiger partial charge on any atom is -0.383 e. The standard InChI is InChI=1S/C32H34ClF3N8/c1-6-8-20-21(9-7-10-24(20)38-5)27(28-29(34)44(43-42-28)32(11-12-32)30(35)36)41-19-13-22-25(40-17-31(2,3)4)18(15-37)16-39-26(22)23(33)14-19/h6-10,13-14,16,27,30,41-43H,5,11-12,17H2,1-4H3,(H,39,40)/b8-6-/t27-/m0/s1. The Bertz CT molecular complexity index is 1700. The SMILES string of the molecule is C=Nc1cccc([C@H](Nc2cc(Cl)c3ncc(C#N)c(NCC(C)(C)C)c3c2)C2=C(F)N(C3(C(F)F)CC3)NN2)c1/C=C\C. The number of pyridine rings is 1. The number of nitrogens with zero attached hydrogens (tertiary/aromatic N) is 4. The van der Waals surface area contributed by atoms with Crippen LogP contribution in [0.4, 0.5) is 30.2 Å². The normalized spacial score (nSPS) is 16.8. The summed E-state index contributed by atoms with van der Waals surface area (Å²) in [6.45, 7) is 12.3. The second-order valence-corrected chi connectivity index (χ2v) is 12.5. The van der Waals surface area contributed by atoms with Crippen LogP contribution in [0.15, 0.2) is 59.2 Å². The minimum atomic E-state index is -2.75. The van der Waals surface area contributed by atoms with E-state index in [1.165, 1.54) is 6.20 Å². The number of rotatable bonds is 10. The van der Waals surface area contributed by atoms with Crippen LogP contribution in [0.2, 0.25) is 5.02 Å². The predicted octanol–water partition coefficient (Wildman–Crippen LogP) is 8.00. The molecule has 0 unspecified atom stereocenters. The number of anilines is 2. The van der Waals surface area contributed by atoms with Gasteiger partial charge >= 0.3 is 0 Å². The van der Waals surface area contributed by atoms with Gasteiger partial charge in [-0.15, -0.1) is 5.53 Å². The van der Waals surface area contributed by atoms with Crippen molar-refractivity contribution in [1.29, 1.82) is 5.26 Å². The van der Waals surface area contributed by atoms with Crippen molar-refractivity contribution in [2.45, 2.75) is 58.5 Å². The van der Waals surface area contributed by atoms with Crippen LogP contribution in [-0.4, -0.2) is 35.2 Å². The number of nitriles is 1. The van der Waals surface area contributed by atoms with Gasteiger partial charge in [-0.2, -0.15) is 9.65 Å². The van der Waals surface area contributed by atoms with Crippen molar-refractivity contribution in [3.8, 4) is 6.07 Å². The van der Waals surface area contributed by atoms with Gasteiger partial charge in [0.05, 0.1) is 33.5 Å². The summed E-state index contributed by atoms with van der Waals surface area (Å²) in [5.74, 6) is -0.850. The monoisotopic (exact) mass is 622 g/mol. The number of nitrogens with one attached hydrogen (secondary N) is 4. The second-order valence-electron chi connectivity index (χ2n) is 12.1. The molecule has 2 heterocycles. The van der Waals surface area contributed by atoms with Gasteiger partial charge in [-0.05, 0) is 55.7 Å². The highest BCUT2D eigenvalue weighted by Crippen LogP contribution is 2.50. The van der Waals surface area contributed by atoms with E-state index in [1.807, 2.05) is 19.1 Å². The molecule has 0 saturated heterocycles. The molecule has 230 valence electrons. The molecule has 0 bridgehead atoms. The molecule has 1 fully saturated rings. The highest BCUT2D eigenvalue weighted by atomic mass is 35.5. The summed E-state index contributed by atoms with van der Waals surface area (Å²) in [5.41, 5.74) is 7.49. The summed E-state index contributed by atoms with van der Waals surface area (Å²) in [5, 5.41) is 18.4. The summed E-state index contributed by atoms with van der Waals surface area (Å²) < 4.78 is 44.2. The molecule has 0 amide bonds. The summed E-state index contributed by atoms with van der Waals surface area (Å²) in [6.07, 6.45) is 2.69. The van der Waals surface area contributed by atoms with E-state index in [0.29, 0.717) is 56.2 Å². The largest absolute Gasteiger partial charge is 0.383 e. The summed E-state index contributed by atoms with van der Waals surface area (Å²) in [7, 11) is 0. The van der Waals surface area contributed by atoms with E-state index >= 15 is 4.39 Å². The van der Waals surface area contributed by atoms with E-state index in [9.17, 15) is 14.0 Å². The summed E-state index contributed by atoms with van der Waals surface area (Å²) in [4.78, 5) is 8.57. The third-order valence-corrected chi connectivity index (χ3v) is 7.99. The Hall–Kier alpha value is -4.27. The van der Waals surface area contributed by atoms with E-state index < -0.39 is 24.0 Å². The van der Waals surface area contributed by atoms with Gasteiger partial charge in [0.1, 0.15) is 17.3 Å². The fourth-order valence-electron chi connectivity index (χ4n) is 5.25. The smallest absolute Gasteiger partial charge is 0.263 e. The molecule has 1 atom stereocenters. The van der Waals surface area contributed by atoms with Crippen LogP contribution in [0.5, 0.6) is 0 Å². The Morgan fingerprint density at radius 2 is 2.05 bits per heavy atom. The Morgan fingerprint density at radius 1 is 1.30 bits per heavy atom. The number of aliphatic imine (C=N–C) groups is 1. The molecule has 8 nitrogen and oxygen atoms in total. The van der Waals surface area contributed by atoms with Crippen molar-refractivity contribution < 1.29 is 13.2 Å². The first kappa shape index (κ1) is 31.2. The van der Waals surface area contributed by atoms with Crippen LogP contribution in [0, 0.1) is 16.7 Å². The van der Waals surface area contributed by atoms with Crippen molar-refractivity contribution in [3.05, 3.63) is 76.0 Å². The van der Waals surface area contributed by atoms with E-state index in [1.54, 1.807) is 30.3 Å². The zero-order chi connectivity index (χ0) is 31.8. The zero-order valence-electron chi connectivity index (χ0n) is 24.9. The van der Waals surface area contributed by atoms with E-state index in [2.05, 4.69) is 65.1 Å². The van der Waals surface area contributed by atoms with Crippen molar-refractivity contribution >= 4 is 52.4 Å². The molecule has 0 radical (unpaired) electrons. The number of hydrazine groups is 2. The average Bonchev–Trinajstić information content (AvgIpc) is 3.70. The molecule has 4 N–H and O–H groups in total. The van der Waals surface area contributed by atoms with E-state index in [4.69, 9.17) is 11.6 Å². The van der Waals surface area contributed by atoms with Gasteiger partial charge in [-0.1, -0.05) is 56.7 Å². The molecule has 2 aliphatic rings. The third kappa shape index (κ3) is 5.79. The third-order valence-electron chi connectivity index (χ3n) is 7.71. The van der Waals surface area contributed by atoms with Gasteiger partial charge in [0, 0.05) is 29.4 Å². The fraction of sp³-hybridized carbons (Fsp3) is 0.344. The molecule has 44 heavy (non-hydrogen) atoms. The van der Waals surface area contributed by atoms with Crippen LogP contribution in [0.1, 0.15) is 63.3 Å². The Kier molecular flexibility index (Phi) is 8.51. The van der Waals surface area contributed by atoms with Gasteiger partial charge in [-0.3, -0.25) is 15.0 Å². The summed E-state index contributed by atoms with van der Waals surface area (Å²) in [6, 6.07) is 10.1. The molecular formula is C32H34ClF3N8. The highest BCUT2D eigenvalue weighted by molar-refractivity contribution is 6.35. The average molecular weight is 623 g/mol. The van der Waals surface area contributed by atoms with Crippen LogP contribution >= 0.6 is 11.6 Å². The molecule has 1 aliphatic heterocycles. The molecule has 1 saturated carbocycles. The lowest BCUT2D eigenvalue weighted by Gasteiger charge is -2.26. The molecule has 0 spiro atoms. The Labute approximate surface area is 259 Å². The maximum absolute atomic E-state index is 16.2. The van der Waals surface area contributed by atoms with Gasteiger partial charge in [0.2, 0.25) is 5.95 Å². The number of halogens is 4. The first-order chi connectivity index (χ1) is 20.9. The van der Waals surface area contributed by atoms with Crippen molar-refractivity contribution in [2.75, 3.05) is 17.2 Å². The first-order valence-electron chi connectivity index (χ1n) is 14.2. The lowest BCUT2D eigenvalue weighted by atomic mass is 9.95. The van der Waals surface area contributed by atoms with E-state index in [0.717, 1.165) is 5.01 Å². The van der Waals surface area contributed by atoms with Crippen LogP contribution in [0.25, 0.3) is 17.0 Å². The number of allylic oxidation sites excluding steroid dienone is 1. The Balaban J connectivity index is 1.67. The number of hydrogen-bond donors (Lipinski definition) is 4. The van der Waals surface area contributed by atoms with Crippen LogP contribution in [-0.2, 0) is 0 Å². The zero-order valence-corrected chi connectivity index (χ0v) is 25.7. The highest BCUT2D eigenvalue weighted by Gasteiger charge is 2.59. The van der Waals surface area contributed by atoms with Crippen molar-refractivity contribution in [3.63, 3.8) is 0 Å². The first-order valence-corrected chi connectivity index (χ1v) is 14.6. The molecule has 1 aliphatic carbocycles. The van der Waals surface area contributed by atoms with E-state index in [-0.39, 0.29) is 24.0 Å². The predicted molar refractivity (Wildman–Crippen MR) is 170 cm³/mol. The molecule has 5 rings (SSSR count).